The molecule has 0 aliphatic heterocycles. The molecule has 4 heteroatoms. The predicted octanol–water partition coefficient (Wildman–Crippen LogP) is 5.40. The van der Waals surface area contributed by atoms with Crippen LogP contribution in [0.5, 0.6) is 11.5 Å². The molecule has 21 heavy (non-hydrogen) atoms. The van der Waals surface area contributed by atoms with E-state index in [1.165, 1.54) is 25.7 Å². The summed E-state index contributed by atoms with van der Waals surface area (Å²) in [5, 5.41) is 0. The van der Waals surface area contributed by atoms with Gasteiger partial charge in [0.1, 0.15) is 11.5 Å². The van der Waals surface area contributed by atoms with Crippen molar-refractivity contribution in [2.24, 2.45) is 0 Å². The lowest BCUT2D eigenvalue weighted by atomic mass is 10.0. The molecular weight excluding hydrogens is 332 g/mol. The van der Waals surface area contributed by atoms with Crippen molar-refractivity contribution in [3.8, 4) is 11.5 Å². The molecule has 0 aromatic heterocycles. The Morgan fingerprint density at radius 3 is 2.33 bits per heavy atom. The Kier molecular flexibility index (Phi) is 8.43. The molecule has 0 spiro atoms. The summed E-state index contributed by atoms with van der Waals surface area (Å²) in [5.41, 5.74) is 0.617. The molecule has 0 saturated carbocycles. The van der Waals surface area contributed by atoms with E-state index in [1.54, 1.807) is 26.4 Å². The fourth-order valence-corrected chi connectivity index (χ4v) is 2.94. The monoisotopic (exact) mass is 356 g/mol. The van der Waals surface area contributed by atoms with Crippen LogP contribution in [0.1, 0.15) is 62.2 Å². The van der Waals surface area contributed by atoms with Crippen molar-refractivity contribution in [3.63, 3.8) is 0 Å². The first kappa shape index (κ1) is 18.0. The summed E-state index contributed by atoms with van der Waals surface area (Å²) >= 11 is 3.44. The van der Waals surface area contributed by atoms with Gasteiger partial charge in [0.15, 0.2) is 5.78 Å². The normalized spacial score (nSPS) is 10.5. The maximum Gasteiger partial charge on any atom is 0.167 e. The van der Waals surface area contributed by atoms with Crippen molar-refractivity contribution in [1.29, 1.82) is 0 Å². The van der Waals surface area contributed by atoms with Gasteiger partial charge in [-0.3, -0.25) is 4.79 Å². The summed E-state index contributed by atoms with van der Waals surface area (Å²) in [6.45, 7) is 2.21. The molecule has 118 valence electrons. The first-order valence-corrected chi connectivity index (χ1v) is 8.38. The number of rotatable bonds is 10. The first-order valence-electron chi connectivity index (χ1n) is 7.58. The van der Waals surface area contributed by atoms with Crippen LogP contribution in [0.25, 0.3) is 0 Å². The van der Waals surface area contributed by atoms with E-state index in [0.29, 0.717) is 23.5 Å². The molecule has 3 nitrogen and oxygen atoms in total. The Hall–Kier alpha value is -1.03. The highest BCUT2D eigenvalue weighted by Crippen LogP contribution is 2.33. The van der Waals surface area contributed by atoms with Crippen LogP contribution < -0.4 is 9.47 Å². The highest BCUT2D eigenvalue weighted by atomic mass is 79.9. The number of methoxy groups -OCH3 is 2. The topological polar surface area (TPSA) is 35.5 Å². The maximum atomic E-state index is 12.4. The Labute approximate surface area is 136 Å². The van der Waals surface area contributed by atoms with E-state index in [2.05, 4.69) is 22.9 Å². The number of hydrogen-bond donors (Lipinski definition) is 0. The Morgan fingerprint density at radius 1 is 1.05 bits per heavy atom. The highest BCUT2D eigenvalue weighted by molar-refractivity contribution is 9.10. The van der Waals surface area contributed by atoms with E-state index in [-0.39, 0.29) is 5.78 Å². The van der Waals surface area contributed by atoms with Gasteiger partial charge < -0.3 is 9.47 Å². The van der Waals surface area contributed by atoms with Gasteiger partial charge in [0.05, 0.1) is 19.8 Å². The molecular formula is C17H25BrO3. The van der Waals surface area contributed by atoms with Crippen LogP contribution in [0.2, 0.25) is 0 Å². The van der Waals surface area contributed by atoms with Crippen molar-refractivity contribution in [2.45, 2.75) is 51.9 Å². The largest absolute Gasteiger partial charge is 0.497 e. The molecule has 0 atom stereocenters. The van der Waals surface area contributed by atoms with E-state index in [1.807, 2.05) is 0 Å². The van der Waals surface area contributed by atoms with Gasteiger partial charge in [0.25, 0.3) is 0 Å². The van der Waals surface area contributed by atoms with Crippen molar-refractivity contribution in [3.05, 3.63) is 22.2 Å². The fraction of sp³-hybridized carbons (Fsp3) is 0.588. The van der Waals surface area contributed by atoms with Crippen LogP contribution in [0.3, 0.4) is 0 Å². The molecule has 0 unspecified atom stereocenters. The smallest absolute Gasteiger partial charge is 0.167 e. The number of ketones is 1. The second kappa shape index (κ2) is 9.82. The van der Waals surface area contributed by atoms with Crippen LogP contribution in [0.4, 0.5) is 0 Å². The second-order valence-corrected chi connectivity index (χ2v) is 5.98. The molecule has 0 saturated heterocycles. The number of unbranched alkanes of at least 4 members (excludes halogenated alkanes) is 5. The molecule has 0 radical (unpaired) electrons. The molecule has 0 N–H and O–H groups in total. The minimum atomic E-state index is 0.122. The third-order valence-electron chi connectivity index (χ3n) is 3.52. The number of ether oxygens (including phenoxy) is 2. The highest BCUT2D eigenvalue weighted by Gasteiger charge is 2.17. The van der Waals surface area contributed by atoms with E-state index < -0.39 is 0 Å². The predicted molar refractivity (Wildman–Crippen MR) is 89.6 cm³/mol. The SMILES string of the molecule is CCCCCCCCC(=O)c1c(Br)cc(OC)cc1OC. The molecule has 0 amide bonds. The molecule has 1 aromatic rings. The van der Waals surface area contributed by atoms with Gasteiger partial charge in [0, 0.05) is 17.0 Å². The van der Waals surface area contributed by atoms with Crippen LogP contribution in [0, 0.1) is 0 Å². The summed E-state index contributed by atoms with van der Waals surface area (Å²) in [6, 6.07) is 3.55. The summed E-state index contributed by atoms with van der Waals surface area (Å²) in [7, 11) is 3.17. The lowest BCUT2D eigenvalue weighted by Gasteiger charge is -2.12. The van der Waals surface area contributed by atoms with Crippen molar-refractivity contribution in [1.82, 2.24) is 0 Å². The van der Waals surface area contributed by atoms with Crippen molar-refractivity contribution < 1.29 is 14.3 Å². The number of Topliss-reactive ketones (excluding diaryl/α,β-unsaturated/α-hetero) is 1. The lowest BCUT2D eigenvalue weighted by molar-refractivity contribution is 0.0975. The summed E-state index contributed by atoms with van der Waals surface area (Å²) in [6.07, 6.45) is 7.61. The minimum absolute atomic E-state index is 0.122. The Balaban J connectivity index is 2.61. The van der Waals surface area contributed by atoms with Gasteiger partial charge in [0.2, 0.25) is 0 Å². The standard InChI is InChI=1S/C17H25BrO3/c1-4-5-6-7-8-9-10-15(19)17-14(18)11-13(20-2)12-16(17)21-3/h11-12H,4-10H2,1-3H3. The molecule has 0 bridgehead atoms. The Bertz CT molecular complexity index is 458. The molecule has 1 aromatic carbocycles. The number of carbonyl (C=O) groups excluding carboxylic acids is 1. The third kappa shape index (κ3) is 5.70. The van der Waals surface area contributed by atoms with Gasteiger partial charge in [-0.15, -0.1) is 0 Å². The van der Waals surface area contributed by atoms with Crippen LogP contribution in [-0.4, -0.2) is 20.0 Å². The van der Waals surface area contributed by atoms with Crippen molar-refractivity contribution in [2.75, 3.05) is 14.2 Å². The van der Waals surface area contributed by atoms with Crippen LogP contribution >= 0.6 is 15.9 Å². The molecule has 0 aliphatic carbocycles. The summed E-state index contributed by atoms with van der Waals surface area (Å²) in [4.78, 5) is 12.4. The van der Waals surface area contributed by atoms with E-state index in [0.717, 1.165) is 17.3 Å². The number of benzene rings is 1. The average Bonchev–Trinajstić information content (AvgIpc) is 2.49. The van der Waals surface area contributed by atoms with Crippen LogP contribution in [0.15, 0.2) is 16.6 Å². The van der Waals surface area contributed by atoms with Crippen molar-refractivity contribution >= 4 is 21.7 Å². The van der Waals surface area contributed by atoms with E-state index >= 15 is 0 Å². The summed E-state index contributed by atoms with van der Waals surface area (Å²) in [5.74, 6) is 1.36. The first-order chi connectivity index (χ1) is 10.1. The maximum absolute atomic E-state index is 12.4. The van der Waals surface area contributed by atoms with E-state index in [4.69, 9.17) is 9.47 Å². The van der Waals surface area contributed by atoms with Crippen LogP contribution in [-0.2, 0) is 0 Å². The van der Waals surface area contributed by atoms with E-state index in [9.17, 15) is 4.79 Å². The van der Waals surface area contributed by atoms with Gasteiger partial charge >= 0.3 is 0 Å². The van der Waals surface area contributed by atoms with Gasteiger partial charge in [-0.25, -0.2) is 0 Å². The van der Waals surface area contributed by atoms with Gasteiger partial charge in [-0.1, -0.05) is 39.0 Å². The molecule has 0 fully saturated rings. The molecule has 0 aliphatic rings. The second-order valence-electron chi connectivity index (χ2n) is 5.13. The number of carbonyl (C=O) groups is 1. The number of hydrogen-bond acceptors (Lipinski definition) is 3. The average molecular weight is 357 g/mol. The molecule has 1 rings (SSSR count). The Morgan fingerprint density at radius 2 is 1.71 bits per heavy atom. The third-order valence-corrected chi connectivity index (χ3v) is 4.14. The summed E-state index contributed by atoms with van der Waals surface area (Å²) < 4.78 is 11.2. The fourth-order valence-electron chi connectivity index (χ4n) is 2.30. The zero-order valence-corrected chi connectivity index (χ0v) is 14.8. The van der Waals surface area contributed by atoms with Gasteiger partial charge in [-0.05, 0) is 28.4 Å². The number of halogens is 1. The lowest BCUT2D eigenvalue weighted by Crippen LogP contribution is -2.04. The zero-order chi connectivity index (χ0) is 15.7. The minimum Gasteiger partial charge on any atom is -0.497 e. The quantitative estimate of drug-likeness (QED) is 0.415. The molecule has 0 heterocycles. The zero-order valence-electron chi connectivity index (χ0n) is 13.2. The van der Waals surface area contributed by atoms with Gasteiger partial charge in [-0.2, -0.15) is 0 Å².